The highest BCUT2D eigenvalue weighted by atomic mass is 16.2. The lowest BCUT2D eigenvalue weighted by atomic mass is 10.1. The molecule has 2 aromatic carbocycles. The normalized spacial score (nSPS) is 17.1. The zero-order valence-electron chi connectivity index (χ0n) is 15.0. The Labute approximate surface area is 156 Å². The summed E-state index contributed by atoms with van der Waals surface area (Å²) < 4.78 is 0. The van der Waals surface area contributed by atoms with Crippen molar-refractivity contribution in [2.24, 2.45) is 0 Å². The number of fused-ring (bicyclic) bond motifs is 1. The fourth-order valence-electron chi connectivity index (χ4n) is 3.32. The molecule has 7 nitrogen and oxygen atoms in total. The number of piperazine rings is 1. The van der Waals surface area contributed by atoms with Gasteiger partial charge in [0.2, 0.25) is 0 Å². The number of imidazole rings is 1. The highest BCUT2D eigenvalue weighted by molar-refractivity contribution is 6.06. The molecule has 27 heavy (non-hydrogen) atoms. The van der Waals surface area contributed by atoms with E-state index < -0.39 is 0 Å². The van der Waals surface area contributed by atoms with E-state index in [9.17, 15) is 9.59 Å². The molecule has 4 rings (SSSR count). The van der Waals surface area contributed by atoms with Crippen molar-refractivity contribution in [2.45, 2.75) is 13.0 Å². The molecule has 138 valence electrons. The number of aromatic amines is 1. The van der Waals surface area contributed by atoms with Crippen LogP contribution in [-0.2, 0) is 0 Å². The molecular weight excluding hydrogens is 342 g/mol. The van der Waals surface area contributed by atoms with Crippen LogP contribution >= 0.6 is 0 Å². The van der Waals surface area contributed by atoms with Gasteiger partial charge in [0.25, 0.3) is 11.8 Å². The van der Waals surface area contributed by atoms with Crippen LogP contribution in [0.25, 0.3) is 11.0 Å². The minimum Gasteiger partial charge on any atom is -0.345 e. The Morgan fingerprint density at radius 3 is 2.93 bits per heavy atom. The van der Waals surface area contributed by atoms with Gasteiger partial charge in [-0.15, -0.1) is 0 Å². The molecular formula is C20H21N5O2. The van der Waals surface area contributed by atoms with Gasteiger partial charge in [0.05, 0.1) is 17.4 Å². The van der Waals surface area contributed by atoms with Crippen LogP contribution in [0, 0.1) is 0 Å². The van der Waals surface area contributed by atoms with Gasteiger partial charge >= 0.3 is 0 Å². The van der Waals surface area contributed by atoms with Crippen molar-refractivity contribution in [3.63, 3.8) is 0 Å². The molecule has 0 aliphatic carbocycles. The van der Waals surface area contributed by atoms with Crippen molar-refractivity contribution in [1.29, 1.82) is 0 Å². The van der Waals surface area contributed by atoms with E-state index >= 15 is 0 Å². The summed E-state index contributed by atoms with van der Waals surface area (Å²) in [5, 5.41) is 6.15. The quantitative estimate of drug-likeness (QED) is 0.666. The van der Waals surface area contributed by atoms with Gasteiger partial charge in [-0.3, -0.25) is 9.59 Å². The molecule has 1 aromatic heterocycles. The van der Waals surface area contributed by atoms with Gasteiger partial charge in [0, 0.05) is 42.5 Å². The van der Waals surface area contributed by atoms with Crippen molar-refractivity contribution >= 4 is 28.5 Å². The standard InChI is InChI=1S/C20H21N5O2/c1-13-11-21-7-8-25(13)20(27)15-3-2-4-16(9-15)24-19(26)14-5-6-17-18(10-14)23-12-22-17/h2-6,9-10,12-13,21H,7-8,11H2,1H3,(H,22,23)(H,24,26)/t13-/m1/s1. The number of H-pyrrole nitrogens is 1. The number of carbonyl (C=O) groups is 2. The first-order valence-electron chi connectivity index (χ1n) is 8.98. The van der Waals surface area contributed by atoms with E-state index in [0.717, 1.165) is 24.1 Å². The average Bonchev–Trinajstić information content (AvgIpc) is 3.16. The summed E-state index contributed by atoms with van der Waals surface area (Å²) >= 11 is 0. The highest BCUT2D eigenvalue weighted by Gasteiger charge is 2.24. The second kappa shape index (κ2) is 7.20. The maximum absolute atomic E-state index is 12.8. The van der Waals surface area contributed by atoms with Gasteiger partial charge in [0.1, 0.15) is 0 Å². The van der Waals surface area contributed by atoms with Crippen LogP contribution in [0.5, 0.6) is 0 Å². The van der Waals surface area contributed by atoms with Gasteiger partial charge in [-0.25, -0.2) is 4.98 Å². The molecule has 1 fully saturated rings. The van der Waals surface area contributed by atoms with E-state index in [-0.39, 0.29) is 17.9 Å². The summed E-state index contributed by atoms with van der Waals surface area (Å²) in [4.78, 5) is 34.4. The molecule has 7 heteroatoms. The minimum atomic E-state index is -0.230. The van der Waals surface area contributed by atoms with Crippen molar-refractivity contribution in [1.82, 2.24) is 20.2 Å². The van der Waals surface area contributed by atoms with Gasteiger partial charge in [-0.05, 0) is 43.3 Å². The molecule has 0 spiro atoms. The monoisotopic (exact) mass is 363 g/mol. The van der Waals surface area contributed by atoms with Gasteiger partial charge < -0.3 is 20.5 Å². The maximum Gasteiger partial charge on any atom is 0.255 e. The molecule has 1 aliphatic rings. The topological polar surface area (TPSA) is 90.1 Å². The van der Waals surface area contributed by atoms with Crippen LogP contribution in [0.2, 0.25) is 0 Å². The maximum atomic E-state index is 12.8. The Bertz CT molecular complexity index is 997. The van der Waals surface area contributed by atoms with Crippen LogP contribution in [0.3, 0.4) is 0 Å². The number of hydrogen-bond donors (Lipinski definition) is 3. The Balaban J connectivity index is 1.51. The van der Waals surface area contributed by atoms with Crippen molar-refractivity contribution in [3.05, 3.63) is 59.9 Å². The fraction of sp³-hybridized carbons (Fsp3) is 0.250. The average molecular weight is 363 g/mol. The molecule has 1 saturated heterocycles. The van der Waals surface area contributed by atoms with Crippen LogP contribution < -0.4 is 10.6 Å². The third kappa shape index (κ3) is 3.54. The number of rotatable bonds is 3. The molecule has 2 heterocycles. The Morgan fingerprint density at radius 2 is 2.07 bits per heavy atom. The summed E-state index contributed by atoms with van der Waals surface area (Å²) in [5.74, 6) is -0.245. The SMILES string of the molecule is C[C@@H]1CNCCN1C(=O)c1cccc(NC(=O)c2ccc3nc[nH]c3c2)c1. The number of benzene rings is 2. The molecule has 2 amide bonds. The largest absolute Gasteiger partial charge is 0.345 e. The van der Waals surface area contributed by atoms with Crippen LogP contribution in [0.1, 0.15) is 27.6 Å². The van der Waals surface area contributed by atoms with Gasteiger partial charge in [-0.2, -0.15) is 0 Å². The lowest BCUT2D eigenvalue weighted by Gasteiger charge is -2.34. The van der Waals surface area contributed by atoms with Crippen LogP contribution in [0.15, 0.2) is 48.8 Å². The summed E-state index contributed by atoms with van der Waals surface area (Å²) in [6.45, 7) is 4.29. The van der Waals surface area contributed by atoms with Gasteiger partial charge in [-0.1, -0.05) is 6.07 Å². The van der Waals surface area contributed by atoms with Crippen molar-refractivity contribution < 1.29 is 9.59 Å². The van der Waals surface area contributed by atoms with E-state index in [0.29, 0.717) is 23.4 Å². The van der Waals surface area contributed by atoms with Crippen LogP contribution in [-0.4, -0.2) is 52.4 Å². The smallest absolute Gasteiger partial charge is 0.255 e. The number of anilines is 1. The highest BCUT2D eigenvalue weighted by Crippen LogP contribution is 2.17. The molecule has 0 unspecified atom stereocenters. The van der Waals surface area contributed by atoms with Crippen molar-refractivity contribution in [3.8, 4) is 0 Å². The van der Waals surface area contributed by atoms with E-state index in [1.54, 1.807) is 48.8 Å². The Hall–Kier alpha value is -3.19. The Kier molecular flexibility index (Phi) is 4.60. The zero-order chi connectivity index (χ0) is 18.8. The van der Waals surface area contributed by atoms with E-state index in [4.69, 9.17) is 0 Å². The lowest BCUT2D eigenvalue weighted by molar-refractivity contribution is 0.0655. The summed E-state index contributed by atoms with van der Waals surface area (Å²) in [5.41, 5.74) is 3.31. The lowest BCUT2D eigenvalue weighted by Crippen LogP contribution is -2.52. The van der Waals surface area contributed by atoms with Crippen molar-refractivity contribution in [2.75, 3.05) is 25.0 Å². The number of amides is 2. The first kappa shape index (κ1) is 17.2. The number of nitrogens with zero attached hydrogens (tertiary/aromatic N) is 2. The number of hydrogen-bond acceptors (Lipinski definition) is 4. The Morgan fingerprint density at radius 1 is 1.19 bits per heavy atom. The first-order chi connectivity index (χ1) is 13.1. The van der Waals surface area contributed by atoms with E-state index in [1.807, 2.05) is 11.8 Å². The predicted molar refractivity (Wildman–Crippen MR) is 104 cm³/mol. The minimum absolute atomic E-state index is 0.0148. The second-order valence-electron chi connectivity index (χ2n) is 6.72. The van der Waals surface area contributed by atoms with Gasteiger partial charge in [0.15, 0.2) is 0 Å². The first-order valence-corrected chi connectivity index (χ1v) is 8.98. The third-order valence-electron chi connectivity index (χ3n) is 4.81. The van der Waals surface area contributed by atoms with E-state index in [2.05, 4.69) is 20.6 Å². The molecule has 3 aromatic rings. The molecule has 3 N–H and O–H groups in total. The number of nitrogens with one attached hydrogen (secondary N) is 3. The molecule has 0 saturated carbocycles. The molecule has 0 radical (unpaired) electrons. The van der Waals surface area contributed by atoms with Crippen LogP contribution in [0.4, 0.5) is 5.69 Å². The third-order valence-corrected chi connectivity index (χ3v) is 4.81. The predicted octanol–water partition coefficient (Wildman–Crippen LogP) is 2.25. The second-order valence-corrected chi connectivity index (χ2v) is 6.72. The van der Waals surface area contributed by atoms with E-state index in [1.165, 1.54) is 0 Å². The zero-order valence-corrected chi connectivity index (χ0v) is 15.0. The summed E-state index contributed by atoms with van der Waals surface area (Å²) in [7, 11) is 0. The number of aromatic nitrogens is 2. The molecule has 0 bridgehead atoms. The molecule has 1 aliphatic heterocycles. The molecule has 1 atom stereocenters. The summed E-state index contributed by atoms with van der Waals surface area (Å²) in [6.07, 6.45) is 1.60. The fourth-order valence-corrected chi connectivity index (χ4v) is 3.32. The number of carbonyl (C=O) groups excluding carboxylic acids is 2. The summed E-state index contributed by atoms with van der Waals surface area (Å²) in [6, 6.07) is 12.5.